The quantitative estimate of drug-likeness (QED) is 0.768. The van der Waals surface area contributed by atoms with E-state index in [1.807, 2.05) is 6.92 Å². The van der Waals surface area contributed by atoms with E-state index in [1.165, 1.54) is 4.31 Å². The van der Waals surface area contributed by atoms with Crippen molar-refractivity contribution in [3.63, 3.8) is 0 Å². The Morgan fingerprint density at radius 3 is 2.79 bits per heavy atom. The molecule has 1 aliphatic heterocycles. The lowest BCUT2D eigenvalue weighted by molar-refractivity contribution is -0.136. The Morgan fingerprint density at radius 2 is 2.17 bits per heavy atom. The summed E-state index contributed by atoms with van der Waals surface area (Å²) < 4.78 is 27.0. The molecule has 0 amide bonds. The summed E-state index contributed by atoms with van der Waals surface area (Å²) in [6.07, 6.45) is 1.63. The van der Waals surface area contributed by atoms with Gasteiger partial charge in [-0.1, -0.05) is 17.7 Å². The maximum absolute atomic E-state index is 12.8. The number of benzene rings is 1. The summed E-state index contributed by atoms with van der Waals surface area (Å²) in [6.45, 7) is 3.06. The molecule has 0 radical (unpaired) electrons. The molecule has 0 aromatic heterocycles. The lowest BCUT2D eigenvalue weighted by Gasteiger charge is -2.32. The van der Waals surface area contributed by atoms with E-state index in [2.05, 4.69) is 5.32 Å². The average molecular weight is 397 g/mol. The van der Waals surface area contributed by atoms with Crippen LogP contribution < -0.4 is 5.32 Å². The zero-order valence-corrected chi connectivity index (χ0v) is 15.8. The summed E-state index contributed by atoms with van der Waals surface area (Å²) in [5, 5.41) is 11.7. The molecular formula is C15H22Cl2N2O4S. The van der Waals surface area contributed by atoms with Crippen molar-refractivity contribution in [1.82, 2.24) is 9.62 Å². The molecule has 0 bridgehead atoms. The number of sulfonamides is 1. The van der Waals surface area contributed by atoms with Gasteiger partial charge in [0.25, 0.3) is 0 Å². The minimum Gasteiger partial charge on any atom is -0.480 e. The van der Waals surface area contributed by atoms with Crippen LogP contribution in [0.2, 0.25) is 5.02 Å². The zero-order valence-electron chi connectivity index (χ0n) is 13.4. The third-order valence-electron chi connectivity index (χ3n) is 3.90. The van der Waals surface area contributed by atoms with E-state index >= 15 is 0 Å². The van der Waals surface area contributed by atoms with Crippen LogP contribution in [0.4, 0.5) is 0 Å². The molecule has 1 aromatic rings. The molecule has 6 nitrogen and oxygen atoms in total. The maximum Gasteiger partial charge on any atom is 0.317 e. The fraction of sp³-hybridized carbons (Fsp3) is 0.533. The SMILES string of the molecule is Cc1ccc(S(=O)(=O)N2CCCC(CNCC(=O)O)C2)c(Cl)c1.Cl. The first-order chi connectivity index (χ1) is 10.8. The lowest BCUT2D eigenvalue weighted by atomic mass is 10.00. The topological polar surface area (TPSA) is 86.7 Å². The molecule has 1 unspecified atom stereocenters. The van der Waals surface area contributed by atoms with Crippen molar-refractivity contribution in [2.75, 3.05) is 26.2 Å². The van der Waals surface area contributed by atoms with Gasteiger partial charge in [-0.05, 0) is 49.9 Å². The van der Waals surface area contributed by atoms with Crippen LogP contribution in [0.5, 0.6) is 0 Å². The number of aliphatic carboxylic acids is 1. The summed E-state index contributed by atoms with van der Waals surface area (Å²) in [5.41, 5.74) is 0.906. The Bertz CT molecular complexity index is 682. The highest BCUT2D eigenvalue weighted by molar-refractivity contribution is 7.89. The molecule has 0 saturated carbocycles. The van der Waals surface area contributed by atoms with Crippen molar-refractivity contribution >= 4 is 40.0 Å². The summed E-state index contributed by atoms with van der Waals surface area (Å²) >= 11 is 6.10. The largest absolute Gasteiger partial charge is 0.480 e. The highest BCUT2D eigenvalue weighted by Crippen LogP contribution is 2.28. The average Bonchev–Trinajstić information content (AvgIpc) is 2.46. The predicted molar refractivity (Wildman–Crippen MR) is 95.4 cm³/mol. The molecule has 1 heterocycles. The number of halogens is 2. The zero-order chi connectivity index (χ0) is 17.0. The third-order valence-corrected chi connectivity index (χ3v) is 6.24. The van der Waals surface area contributed by atoms with Crippen LogP contribution in [0.1, 0.15) is 18.4 Å². The molecule has 24 heavy (non-hydrogen) atoms. The van der Waals surface area contributed by atoms with Crippen LogP contribution in [0.15, 0.2) is 23.1 Å². The standard InChI is InChI=1S/C15H21ClN2O4S.ClH/c1-11-4-5-14(13(16)7-11)23(21,22)18-6-2-3-12(10-18)8-17-9-15(19)20;/h4-5,7,12,17H,2-3,6,8-10H2,1H3,(H,19,20);1H. The third kappa shape index (κ3) is 5.32. The van der Waals surface area contributed by atoms with E-state index in [0.29, 0.717) is 19.6 Å². The molecule has 2 rings (SSSR count). The number of carboxylic acid groups (broad SMARTS) is 1. The van der Waals surface area contributed by atoms with Crippen molar-refractivity contribution in [2.24, 2.45) is 5.92 Å². The van der Waals surface area contributed by atoms with E-state index < -0.39 is 16.0 Å². The number of nitrogens with one attached hydrogen (secondary N) is 1. The summed E-state index contributed by atoms with van der Waals surface area (Å²) in [6, 6.07) is 4.91. The van der Waals surface area contributed by atoms with E-state index in [4.69, 9.17) is 16.7 Å². The van der Waals surface area contributed by atoms with Gasteiger partial charge in [0, 0.05) is 13.1 Å². The molecule has 0 spiro atoms. The Balaban J connectivity index is 0.00000288. The summed E-state index contributed by atoms with van der Waals surface area (Å²) in [4.78, 5) is 10.7. The molecule has 1 aliphatic rings. The van der Waals surface area contributed by atoms with Crippen molar-refractivity contribution in [1.29, 1.82) is 0 Å². The number of hydrogen-bond acceptors (Lipinski definition) is 4. The first-order valence-corrected chi connectivity index (χ1v) is 9.31. The van der Waals surface area contributed by atoms with Crippen LogP contribution in [0, 0.1) is 12.8 Å². The lowest BCUT2D eigenvalue weighted by Crippen LogP contribution is -2.43. The summed E-state index contributed by atoms with van der Waals surface area (Å²) in [7, 11) is -3.63. The second-order valence-electron chi connectivity index (χ2n) is 5.83. The van der Waals surface area contributed by atoms with Gasteiger partial charge < -0.3 is 10.4 Å². The highest BCUT2D eigenvalue weighted by Gasteiger charge is 2.31. The maximum atomic E-state index is 12.8. The molecule has 1 fully saturated rings. The predicted octanol–water partition coefficient (Wildman–Crippen LogP) is 2.15. The number of rotatable bonds is 6. The van der Waals surface area contributed by atoms with Gasteiger partial charge in [0.1, 0.15) is 4.90 Å². The smallest absolute Gasteiger partial charge is 0.317 e. The van der Waals surface area contributed by atoms with Gasteiger partial charge >= 0.3 is 5.97 Å². The number of piperidine rings is 1. The van der Waals surface area contributed by atoms with Crippen molar-refractivity contribution in [2.45, 2.75) is 24.7 Å². The van der Waals surface area contributed by atoms with Crippen LogP contribution in [0.3, 0.4) is 0 Å². The van der Waals surface area contributed by atoms with Crippen LogP contribution >= 0.6 is 24.0 Å². The van der Waals surface area contributed by atoms with Crippen LogP contribution in [0.25, 0.3) is 0 Å². The Hall–Kier alpha value is -0.860. The van der Waals surface area contributed by atoms with Gasteiger partial charge in [0.15, 0.2) is 0 Å². The van der Waals surface area contributed by atoms with Crippen molar-refractivity contribution in [3.8, 4) is 0 Å². The first kappa shape index (κ1) is 21.2. The number of hydrogen-bond donors (Lipinski definition) is 2. The minimum absolute atomic E-state index is 0. The van der Waals surface area contributed by atoms with Crippen LogP contribution in [-0.4, -0.2) is 50.0 Å². The van der Waals surface area contributed by atoms with Gasteiger partial charge in [-0.15, -0.1) is 12.4 Å². The fourth-order valence-electron chi connectivity index (χ4n) is 2.75. The molecule has 0 aliphatic carbocycles. The number of aryl methyl sites for hydroxylation is 1. The number of nitrogens with zero attached hydrogens (tertiary/aromatic N) is 1. The molecule has 1 saturated heterocycles. The van der Waals surface area contributed by atoms with Gasteiger partial charge in [-0.25, -0.2) is 8.42 Å². The molecule has 1 aromatic carbocycles. The van der Waals surface area contributed by atoms with Crippen molar-refractivity contribution in [3.05, 3.63) is 28.8 Å². The van der Waals surface area contributed by atoms with Gasteiger partial charge in [-0.3, -0.25) is 4.79 Å². The van der Waals surface area contributed by atoms with E-state index in [-0.39, 0.29) is 34.8 Å². The van der Waals surface area contributed by atoms with E-state index in [1.54, 1.807) is 18.2 Å². The molecule has 9 heteroatoms. The van der Waals surface area contributed by atoms with Crippen LogP contribution in [-0.2, 0) is 14.8 Å². The molecular weight excluding hydrogens is 375 g/mol. The highest BCUT2D eigenvalue weighted by atomic mass is 35.5. The first-order valence-electron chi connectivity index (χ1n) is 7.49. The molecule has 136 valence electrons. The molecule has 1 atom stereocenters. The number of carbonyl (C=O) groups is 1. The van der Waals surface area contributed by atoms with Gasteiger partial charge in [0.2, 0.25) is 10.0 Å². The monoisotopic (exact) mass is 396 g/mol. The number of carboxylic acids is 1. The van der Waals surface area contributed by atoms with Gasteiger partial charge in [-0.2, -0.15) is 4.31 Å². The Labute approximate surface area is 153 Å². The Morgan fingerprint density at radius 1 is 1.46 bits per heavy atom. The van der Waals surface area contributed by atoms with Gasteiger partial charge in [0.05, 0.1) is 11.6 Å². The van der Waals surface area contributed by atoms with Crippen molar-refractivity contribution < 1.29 is 18.3 Å². The van der Waals surface area contributed by atoms with E-state index in [0.717, 1.165) is 18.4 Å². The second kappa shape index (κ2) is 9.01. The normalized spacial score (nSPS) is 18.8. The Kier molecular flexibility index (Phi) is 7.95. The summed E-state index contributed by atoms with van der Waals surface area (Å²) in [5.74, 6) is -0.821. The second-order valence-corrected chi connectivity index (χ2v) is 8.14. The van der Waals surface area contributed by atoms with E-state index in [9.17, 15) is 13.2 Å². The fourth-order valence-corrected chi connectivity index (χ4v) is 4.88. The molecule has 2 N–H and O–H groups in total. The minimum atomic E-state index is -3.63.